The van der Waals surface area contributed by atoms with Crippen LogP contribution >= 0.6 is 0 Å². The molecule has 0 fully saturated rings. The third-order valence-corrected chi connectivity index (χ3v) is 10.1. The lowest BCUT2D eigenvalue weighted by Gasteiger charge is -2.26. The van der Waals surface area contributed by atoms with Crippen molar-refractivity contribution < 1.29 is 15.3 Å². The van der Waals surface area contributed by atoms with Crippen LogP contribution in [0.2, 0.25) is 0 Å². The van der Waals surface area contributed by atoms with Gasteiger partial charge in [0.25, 0.3) is 0 Å². The third-order valence-electron chi connectivity index (χ3n) is 10.1. The minimum atomic E-state index is -0.360. The fraction of sp³-hybridized carbons (Fsp3) is 1.00. The molecule has 2 atom stereocenters. The SMILES string of the molecule is CCCCCCCCCCCCCCCCCCC(O)CN(CCO)CC(O)CCCCCCCCCCCCCCCCCC. The van der Waals surface area contributed by atoms with Gasteiger partial charge in [-0.25, -0.2) is 0 Å². The van der Waals surface area contributed by atoms with Crippen LogP contribution in [0.3, 0.4) is 0 Å². The third kappa shape index (κ3) is 36.7. The summed E-state index contributed by atoms with van der Waals surface area (Å²) in [5, 5.41) is 30.7. The molecule has 0 aromatic rings. The molecule has 0 aliphatic rings. The molecule has 0 spiro atoms. The number of aliphatic hydroxyl groups is 3. The Labute approximate surface area is 290 Å². The van der Waals surface area contributed by atoms with Gasteiger partial charge in [0, 0.05) is 19.6 Å². The molecule has 3 N–H and O–H groups in total. The molecule has 0 aromatic carbocycles. The lowest BCUT2D eigenvalue weighted by Crippen LogP contribution is -2.39. The van der Waals surface area contributed by atoms with Crippen LogP contribution in [-0.2, 0) is 0 Å². The van der Waals surface area contributed by atoms with Gasteiger partial charge in [-0.15, -0.1) is 0 Å². The molecule has 4 heteroatoms. The van der Waals surface area contributed by atoms with Crippen molar-refractivity contribution in [2.45, 2.75) is 244 Å². The van der Waals surface area contributed by atoms with Crippen LogP contribution in [0.1, 0.15) is 232 Å². The van der Waals surface area contributed by atoms with E-state index in [0.717, 1.165) is 25.7 Å². The summed E-state index contributed by atoms with van der Waals surface area (Å²) in [6.45, 7) is 6.32. The standard InChI is InChI=1S/C42H87NO3/c1-3-5-7-9-11-13-15-17-19-21-23-25-27-29-31-33-35-41(45)39-43(37-38-44)40-42(46)36-34-32-30-28-26-24-22-20-18-16-14-12-10-8-6-4-2/h41-42,44-46H,3-40H2,1-2H3. The highest BCUT2D eigenvalue weighted by Gasteiger charge is 2.15. The van der Waals surface area contributed by atoms with Crippen LogP contribution in [-0.4, -0.2) is 58.7 Å². The predicted molar refractivity (Wildman–Crippen MR) is 204 cm³/mol. The Morgan fingerprint density at radius 2 is 0.565 bits per heavy atom. The molecular formula is C42H87NO3. The van der Waals surface area contributed by atoms with Crippen molar-refractivity contribution in [1.29, 1.82) is 0 Å². The first-order valence-electron chi connectivity index (χ1n) is 21.3. The van der Waals surface area contributed by atoms with Crippen molar-refractivity contribution in [3.05, 3.63) is 0 Å². The van der Waals surface area contributed by atoms with E-state index in [9.17, 15) is 15.3 Å². The second kappa shape index (κ2) is 39.3. The van der Waals surface area contributed by atoms with Crippen molar-refractivity contribution in [2.75, 3.05) is 26.2 Å². The predicted octanol–water partition coefficient (Wildman–Crippen LogP) is 12.3. The molecule has 2 unspecified atom stereocenters. The van der Waals surface area contributed by atoms with E-state index in [-0.39, 0.29) is 18.8 Å². The molecule has 0 aliphatic heterocycles. The molecule has 4 nitrogen and oxygen atoms in total. The van der Waals surface area contributed by atoms with Gasteiger partial charge in [-0.05, 0) is 12.8 Å². The average Bonchev–Trinajstić information content (AvgIpc) is 3.04. The first kappa shape index (κ1) is 45.8. The quantitative estimate of drug-likeness (QED) is 0.0576. The van der Waals surface area contributed by atoms with Gasteiger partial charge in [0.2, 0.25) is 0 Å². The maximum absolute atomic E-state index is 10.6. The van der Waals surface area contributed by atoms with E-state index in [4.69, 9.17) is 0 Å². The molecule has 0 aromatic heterocycles. The summed E-state index contributed by atoms with van der Waals surface area (Å²) in [5.41, 5.74) is 0. The van der Waals surface area contributed by atoms with E-state index in [2.05, 4.69) is 18.7 Å². The van der Waals surface area contributed by atoms with Gasteiger partial charge in [0.05, 0.1) is 18.8 Å². The van der Waals surface area contributed by atoms with Crippen LogP contribution < -0.4 is 0 Å². The summed E-state index contributed by atoms with van der Waals surface area (Å²) in [5.74, 6) is 0. The van der Waals surface area contributed by atoms with E-state index in [0.29, 0.717) is 19.6 Å². The van der Waals surface area contributed by atoms with Crippen LogP contribution in [0, 0.1) is 0 Å². The fourth-order valence-corrected chi connectivity index (χ4v) is 7.03. The van der Waals surface area contributed by atoms with Crippen molar-refractivity contribution >= 4 is 0 Å². The Balaban J connectivity index is 3.58. The highest BCUT2D eigenvalue weighted by atomic mass is 16.3. The van der Waals surface area contributed by atoms with Crippen molar-refractivity contribution in [3.63, 3.8) is 0 Å². The molecule has 0 saturated carbocycles. The minimum absolute atomic E-state index is 0.0809. The molecule has 278 valence electrons. The Hall–Kier alpha value is -0.160. The van der Waals surface area contributed by atoms with E-state index >= 15 is 0 Å². The summed E-state index contributed by atoms with van der Waals surface area (Å²) in [6.07, 6.45) is 44.6. The zero-order valence-corrected chi connectivity index (χ0v) is 31.8. The van der Waals surface area contributed by atoms with Gasteiger partial charge in [0.1, 0.15) is 0 Å². The number of nitrogens with zero attached hydrogens (tertiary/aromatic N) is 1. The maximum atomic E-state index is 10.6. The summed E-state index contributed by atoms with van der Waals surface area (Å²) in [4.78, 5) is 2.06. The first-order chi connectivity index (χ1) is 22.6. The zero-order valence-electron chi connectivity index (χ0n) is 31.8. The van der Waals surface area contributed by atoms with E-state index in [1.807, 2.05) is 0 Å². The van der Waals surface area contributed by atoms with Gasteiger partial charge in [-0.3, -0.25) is 4.90 Å². The molecule has 0 radical (unpaired) electrons. The largest absolute Gasteiger partial charge is 0.395 e. The highest BCUT2D eigenvalue weighted by Crippen LogP contribution is 2.16. The second-order valence-corrected chi connectivity index (χ2v) is 15.0. The topological polar surface area (TPSA) is 63.9 Å². The monoisotopic (exact) mass is 654 g/mol. The Bertz CT molecular complexity index is 501. The highest BCUT2D eigenvalue weighted by molar-refractivity contribution is 4.69. The fourth-order valence-electron chi connectivity index (χ4n) is 7.03. The van der Waals surface area contributed by atoms with E-state index in [1.165, 1.54) is 193 Å². The summed E-state index contributed by atoms with van der Waals surface area (Å²) < 4.78 is 0. The number of hydrogen-bond acceptors (Lipinski definition) is 4. The molecular weight excluding hydrogens is 566 g/mol. The van der Waals surface area contributed by atoms with E-state index in [1.54, 1.807) is 0 Å². The van der Waals surface area contributed by atoms with Crippen LogP contribution in [0.4, 0.5) is 0 Å². The van der Waals surface area contributed by atoms with Gasteiger partial charge in [-0.1, -0.05) is 219 Å². The Kier molecular flexibility index (Phi) is 39.1. The van der Waals surface area contributed by atoms with Crippen LogP contribution in [0.5, 0.6) is 0 Å². The molecule has 0 heterocycles. The molecule has 0 bridgehead atoms. The minimum Gasteiger partial charge on any atom is -0.395 e. The van der Waals surface area contributed by atoms with Crippen molar-refractivity contribution in [1.82, 2.24) is 4.90 Å². The Morgan fingerprint density at radius 3 is 0.783 bits per heavy atom. The number of aliphatic hydroxyl groups excluding tert-OH is 3. The van der Waals surface area contributed by atoms with Crippen LogP contribution in [0.15, 0.2) is 0 Å². The van der Waals surface area contributed by atoms with Gasteiger partial charge in [0.15, 0.2) is 0 Å². The van der Waals surface area contributed by atoms with Crippen molar-refractivity contribution in [2.24, 2.45) is 0 Å². The molecule has 0 saturated heterocycles. The lowest BCUT2D eigenvalue weighted by atomic mass is 10.0. The molecule has 0 amide bonds. The molecule has 46 heavy (non-hydrogen) atoms. The zero-order chi connectivity index (χ0) is 33.6. The first-order valence-corrected chi connectivity index (χ1v) is 21.3. The van der Waals surface area contributed by atoms with Gasteiger partial charge in [-0.2, -0.15) is 0 Å². The Morgan fingerprint density at radius 1 is 0.348 bits per heavy atom. The van der Waals surface area contributed by atoms with Crippen LogP contribution in [0.25, 0.3) is 0 Å². The molecule has 0 aliphatic carbocycles. The smallest absolute Gasteiger partial charge is 0.0667 e. The van der Waals surface area contributed by atoms with E-state index < -0.39 is 0 Å². The maximum Gasteiger partial charge on any atom is 0.0667 e. The molecule has 0 rings (SSSR count). The number of hydrogen-bond donors (Lipinski definition) is 3. The summed E-state index contributed by atoms with van der Waals surface area (Å²) >= 11 is 0. The summed E-state index contributed by atoms with van der Waals surface area (Å²) in [7, 11) is 0. The average molecular weight is 654 g/mol. The number of unbranched alkanes of at least 4 members (excludes halogenated alkanes) is 30. The second-order valence-electron chi connectivity index (χ2n) is 15.0. The van der Waals surface area contributed by atoms with Crippen molar-refractivity contribution in [3.8, 4) is 0 Å². The van der Waals surface area contributed by atoms with Gasteiger partial charge < -0.3 is 15.3 Å². The van der Waals surface area contributed by atoms with Gasteiger partial charge >= 0.3 is 0 Å². The number of rotatable bonds is 40. The normalized spacial score (nSPS) is 13.2. The lowest BCUT2D eigenvalue weighted by molar-refractivity contribution is 0.0519. The summed E-state index contributed by atoms with van der Waals surface area (Å²) in [6, 6.07) is 0.